The molecule has 0 bridgehead atoms. The van der Waals surface area contributed by atoms with Gasteiger partial charge in [-0.2, -0.15) is 26.3 Å². The van der Waals surface area contributed by atoms with Crippen LogP contribution in [0.4, 0.5) is 38.0 Å². The maximum atomic E-state index is 14.0. The fourth-order valence-corrected chi connectivity index (χ4v) is 4.76. The molecule has 2 heterocycles. The first kappa shape index (κ1) is 25.7. The summed E-state index contributed by atoms with van der Waals surface area (Å²) in [4.78, 5) is 7.06. The highest BCUT2D eigenvalue weighted by Gasteiger charge is 2.41. The summed E-state index contributed by atoms with van der Waals surface area (Å²) in [6.45, 7) is 5.84. The van der Waals surface area contributed by atoms with Crippen molar-refractivity contribution in [3.05, 3.63) is 39.7 Å². The molecule has 0 spiro atoms. The van der Waals surface area contributed by atoms with Crippen molar-refractivity contribution in [1.29, 1.82) is 0 Å². The van der Waals surface area contributed by atoms with Crippen LogP contribution < -0.4 is 4.90 Å². The monoisotopic (exact) mass is 496 g/mol. The van der Waals surface area contributed by atoms with Crippen molar-refractivity contribution in [3.8, 4) is 0 Å². The van der Waals surface area contributed by atoms with E-state index in [9.17, 15) is 26.3 Å². The summed E-state index contributed by atoms with van der Waals surface area (Å²) in [7, 11) is 0. The van der Waals surface area contributed by atoms with E-state index in [0.29, 0.717) is 36.6 Å². The molecule has 0 saturated heterocycles. The van der Waals surface area contributed by atoms with E-state index >= 15 is 0 Å². The average molecular weight is 497 g/mol. The molecule has 0 amide bonds. The van der Waals surface area contributed by atoms with E-state index in [0.717, 1.165) is 11.1 Å². The van der Waals surface area contributed by atoms with Gasteiger partial charge < -0.3 is 9.47 Å². The highest BCUT2D eigenvalue weighted by atomic mass is 35.5. The van der Waals surface area contributed by atoms with Crippen molar-refractivity contribution in [3.63, 3.8) is 0 Å². The predicted molar refractivity (Wildman–Crippen MR) is 116 cm³/mol. The minimum Gasteiger partial charge on any atom is -0.312 e. The molecule has 1 aromatic carbocycles. The third-order valence-electron chi connectivity index (χ3n) is 5.62. The summed E-state index contributed by atoms with van der Waals surface area (Å²) in [5.41, 5.74) is 1.16. The minimum absolute atomic E-state index is 0.112. The topological polar surface area (TPSA) is 24.3 Å². The smallest absolute Gasteiger partial charge is 0.312 e. The molecule has 1 aliphatic rings. The SMILES string of the molecule is CCCN(CCC(F)(F)F)Cc1c(C(F)(F)F)nc2n1CCCN2c1c(C)cc(C)cc1Cl. The van der Waals surface area contributed by atoms with Crippen LogP contribution in [0.25, 0.3) is 0 Å². The molecule has 0 fully saturated rings. The van der Waals surface area contributed by atoms with Gasteiger partial charge in [0.25, 0.3) is 0 Å². The van der Waals surface area contributed by atoms with E-state index in [4.69, 9.17) is 11.6 Å². The Morgan fingerprint density at radius 3 is 2.33 bits per heavy atom. The lowest BCUT2D eigenvalue weighted by atomic mass is 10.1. The number of alkyl halides is 6. The first-order valence-electron chi connectivity index (χ1n) is 10.8. The van der Waals surface area contributed by atoms with Gasteiger partial charge in [-0.25, -0.2) is 4.98 Å². The Morgan fingerprint density at radius 1 is 1.06 bits per heavy atom. The third kappa shape index (κ3) is 5.95. The Labute approximate surface area is 194 Å². The zero-order chi connectivity index (χ0) is 24.6. The lowest BCUT2D eigenvalue weighted by molar-refractivity contribution is -0.143. The van der Waals surface area contributed by atoms with Crippen molar-refractivity contribution < 1.29 is 26.3 Å². The highest BCUT2D eigenvalue weighted by Crippen LogP contribution is 2.41. The predicted octanol–water partition coefficient (Wildman–Crippen LogP) is 6.88. The number of aromatic nitrogens is 2. The number of benzene rings is 1. The van der Waals surface area contributed by atoms with Crippen molar-refractivity contribution in [2.45, 2.75) is 65.5 Å². The summed E-state index contributed by atoms with van der Waals surface area (Å²) in [5, 5.41) is 0.414. The maximum absolute atomic E-state index is 14.0. The van der Waals surface area contributed by atoms with Crippen LogP contribution in [0, 0.1) is 13.8 Å². The van der Waals surface area contributed by atoms with E-state index in [1.165, 1.54) is 9.47 Å². The molecule has 3 rings (SSSR count). The second-order valence-electron chi connectivity index (χ2n) is 8.42. The van der Waals surface area contributed by atoms with E-state index in [1.54, 1.807) is 17.9 Å². The average Bonchev–Trinajstić information content (AvgIpc) is 3.05. The van der Waals surface area contributed by atoms with Crippen LogP contribution in [-0.4, -0.2) is 40.3 Å². The molecule has 0 aliphatic carbocycles. The molecule has 0 unspecified atom stereocenters. The van der Waals surface area contributed by atoms with Gasteiger partial charge in [0.05, 0.1) is 22.8 Å². The Morgan fingerprint density at radius 2 is 1.76 bits per heavy atom. The zero-order valence-corrected chi connectivity index (χ0v) is 19.5. The van der Waals surface area contributed by atoms with Crippen molar-refractivity contribution >= 4 is 23.2 Å². The normalized spacial score (nSPS) is 14.8. The number of hydrogen-bond acceptors (Lipinski definition) is 3. The van der Waals surface area contributed by atoms with Crippen LogP contribution in [0.5, 0.6) is 0 Å². The number of anilines is 2. The Balaban J connectivity index is 2.06. The Hall–Kier alpha value is -1.94. The van der Waals surface area contributed by atoms with E-state index in [-0.39, 0.29) is 31.3 Å². The maximum Gasteiger partial charge on any atom is 0.435 e. The van der Waals surface area contributed by atoms with Gasteiger partial charge in [-0.3, -0.25) is 4.90 Å². The minimum atomic E-state index is -4.74. The van der Waals surface area contributed by atoms with E-state index in [2.05, 4.69) is 4.98 Å². The molecule has 33 heavy (non-hydrogen) atoms. The molecule has 1 aliphatic heterocycles. The van der Waals surface area contributed by atoms with E-state index in [1.807, 2.05) is 19.9 Å². The number of rotatable bonds is 7. The van der Waals surface area contributed by atoms with Gasteiger partial charge in [-0.1, -0.05) is 24.6 Å². The first-order valence-corrected chi connectivity index (χ1v) is 11.2. The highest BCUT2D eigenvalue weighted by molar-refractivity contribution is 6.33. The van der Waals surface area contributed by atoms with Crippen LogP contribution in [0.1, 0.15) is 48.7 Å². The van der Waals surface area contributed by atoms with Gasteiger partial charge in [0.2, 0.25) is 5.95 Å². The fraction of sp³-hybridized carbons (Fsp3) is 0.591. The van der Waals surface area contributed by atoms with Gasteiger partial charge in [0.15, 0.2) is 5.69 Å². The molecule has 0 N–H and O–H groups in total. The van der Waals surface area contributed by atoms with Gasteiger partial charge >= 0.3 is 12.4 Å². The quantitative estimate of drug-likeness (QED) is 0.391. The molecule has 0 radical (unpaired) electrons. The molecule has 0 atom stereocenters. The van der Waals surface area contributed by atoms with Crippen LogP contribution in [-0.2, 0) is 19.3 Å². The molecule has 1 aromatic heterocycles. The van der Waals surface area contributed by atoms with E-state index < -0.39 is 24.5 Å². The zero-order valence-electron chi connectivity index (χ0n) is 18.7. The second kappa shape index (κ2) is 9.74. The number of halogens is 7. The molecular formula is C22H27ClF6N4. The number of hydrogen-bond donors (Lipinski definition) is 0. The molecular weight excluding hydrogens is 470 g/mol. The van der Waals surface area contributed by atoms with Gasteiger partial charge in [-0.05, 0) is 50.4 Å². The second-order valence-corrected chi connectivity index (χ2v) is 8.82. The Bertz CT molecular complexity index is 959. The summed E-state index contributed by atoms with van der Waals surface area (Å²) < 4.78 is 81.7. The molecule has 2 aromatic rings. The largest absolute Gasteiger partial charge is 0.435 e. The van der Waals surface area contributed by atoms with Crippen molar-refractivity contribution in [2.75, 3.05) is 24.5 Å². The number of aryl methyl sites for hydroxylation is 2. The fourth-order valence-electron chi connectivity index (χ4n) is 4.33. The third-order valence-corrected chi connectivity index (χ3v) is 5.91. The lowest BCUT2D eigenvalue weighted by Crippen LogP contribution is -2.33. The number of nitrogens with zero attached hydrogens (tertiary/aromatic N) is 4. The summed E-state index contributed by atoms with van der Waals surface area (Å²) in [6.07, 6.45) is -9.14. The van der Waals surface area contributed by atoms with Crippen LogP contribution in [0.15, 0.2) is 12.1 Å². The van der Waals surface area contributed by atoms with Crippen molar-refractivity contribution in [1.82, 2.24) is 14.5 Å². The summed E-state index contributed by atoms with van der Waals surface area (Å²) >= 11 is 6.46. The first-order chi connectivity index (χ1) is 15.3. The van der Waals surface area contributed by atoms with Gasteiger partial charge in [0.1, 0.15) is 0 Å². The molecule has 11 heteroatoms. The summed E-state index contributed by atoms with van der Waals surface area (Å²) in [6, 6.07) is 3.65. The van der Waals surface area contributed by atoms with Crippen LogP contribution >= 0.6 is 11.6 Å². The standard InChI is InChI=1S/C22H27ClF6N4/c1-4-7-31(10-6-21(24,25)26)13-17-19(22(27,28)29)30-20-32(17)8-5-9-33(20)18-15(3)11-14(2)12-16(18)23/h11-12H,4-10,13H2,1-3H3. The molecule has 184 valence electrons. The van der Waals surface area contributed by atoms with Crippen molar-refractivity contribution in [2.24, 2.45) is 0 Å². The van der Waals surface area contributed by atoms with Gasteiger partial charge in [0, 0.05) is 26.2 Å². The summed E-state index contributed by atoms with van der Waals surface area (Å²) in [5.74, 6) is 0.115. The lowest BCUT2D eigenvalue weighted by Gasteiger charge is -2.32. The van der Waals surface area contributed by atoms with Crippen LogP contribution in [0.3, 0.4) is 0 Å². The van der Waals surface area contributed by atoms with Gasteiger partial charge in [-0.15, -0.1) is 0 Å². The van der Waals surface area contributed by atoms with Crippen LogP contribution in [0.2, 0.25) is 5.02 Å². The number of fused-ring (bicyclic) bond motifs is 1. The molecule has 0 saturated carbocycles. The number of imidazole rings is 1. The Kier molecular flexibility index (Phi) is 7.58. The molecule has 4 nitrogen and oxygen atoms in total.